The third-order valence-electron chi connectivity index (χ3n) is 2.67. The molecule has 0 fully saturated rings. The topological polar surface area (TPSA) is 131 Å². The van der Waals surface area contributed by atoms with Crippen molar-refractivity contribution in [3.8, 4) is 0 Å². The Labute approximate surface area is 118 Å². The average Bonchev–Trinajstić information content (AvgIpc) is 2.34. The summed E-state index contributed by atoms with van der Waals surface area (Å²) in [7, 11) is 0. The van der Waals surface area contributed by atoms with Gasteiger partial charge in [-0.25, -0.2) is 20.6 Å². The van der Waals surface area contributed by atoms with Gasteiger partial charge < -0.3 is 21.8 Å². The van der Waals surface area contributed by atoms with Gasteiger partial charge in [0.1, 0.15) is 17.5 Å². The van der Waals surface area contributed by atoms with E-state index in [2.05, 4.69) is 26.0 Å². The van der Waals surface area contributed by atoms with Crippen LogP contribution in [0.3, 0.4) is 0 Å². The van der Waals surface area contributed by atoms with Crippen molar-refractivity contribution in [3.05, 3.63) is 11.4 Å². The molecule has 0 saturated heterocycles. The molecule has 0 bridgehead atoms. The van der Waals surface area contributed by atoms with Crippen molar-refractivity contribution in [2.45, 2.75) is 33.1 Å². The highest BCUT2D eigenvalue weighted by Crippen LogP contribution is 2.25. The van der Waals surface area contributed by atoms with Crippen LogP contribution in [-0.4, -0.2) is 29.1 Å². The summed E-state index contributed by atoms with van der Waals surface area (Å²) in [4.78, 5) is 19.5. The molecule has 0 atom stereocenters. The number of rotatable bonds is 5. The molecule has 0 aliphatic rings. The van der Waals surface area contributed by atoms with Gasteiger partial charge in [-0.1, -0.05) is 20.8 Å². The van der Waals surface area contributed by atoms with E-state index in [1.54, 1.807) is 0 Å². The molecular formula is C12H23N7O. The highest BCUT2D eigenvalue weighted by Gasteiger charge is 2.20. The number of nitrogens with zero attached hydrogens (tertiary/aromatic N) is 2. The number of hydrazine groups is 1. The SMILES string of the molecule is Cc1c(NN)nc(C(C)(C)C)nc1NCCNC(N)=O. The first-order chi connectivity index (χ1) is 9.25. The molecule has 1 heterocycles. The fourth-order valence-corrected chi connectivity index (χ4v) is 1.53. The Morgan fingerprint density at radius 3 is 2.30 bits per heavy atom. The van der Waals surface area contributed by atoms with Crippen LogP contribution < -0.4 is 27.6 Å². The van der Waals surface area contributed by atoms with E-state index in [0.29, 0.717) is 30.5 Å². The molecule has 20 heavy (non-hydrogen) atoms. The number of amides is 2. The average molecular weight is 281 g/mol. The number of aromatic nitrogens is 2. The molecule has 7 N–H and O–H groups in total. The van der Waals surface area contributed by atoms with E-state index in [-0.39, 0.29) is 5.41 Å². The van der Waals surface area contributed by atoms with Crippen molar-refractivity contribution in [2.24, 2.45) is 11.6 Å². The van der Waals surface area contributed by atoms with Crippen molar-refractivity contribution >= 4 is 17.7 Å². The summed E-state index contributed by atoms with van der Waals surface area (Å²) in [5, 5.41) is 5.64. The molecule has 8 heteroatoms. The number of carbonyl (C=O) groups is 1. The summed E-state index contributed by atoms with van der Waals surface area (Å²) < 4.78 is 0. The zero-order chi connectivity index (χ0) is 15.3. The van der Waals surface area contributed by atoms with Crippen LogP contribution in [-0.2, 0) is 5.41 Å². The van der Waals surface area contributed by atoms with Gasteiger partial charge >= 0.3 is 6.03 Å². The molecule has 0 aromatic carbocycles. The van der Waals surface area contributed by atoms with E-state index in [0.717, 1.165) is 5.56 Å². The van der Waals surface area contributed by atoms with Crippen molar-refractivity contribution in [1.82, 2.24) is 15.3 Å². The lowest BCUT2D eigenvalue weighted by Gasteiger charge is -2.20. The second-order valence-electron chi connectivity index (χ2n) is 5.48. The van der Waals surface area contributed by atoms with Gasteiger partial charge in [-0.15, -0.1) is 0 Å². The van der Waals surface area contributed by atoms with Gasteiger partial charge in [-0.05, 0) is 6.92 Å². The third-order valence-corrected chi connectivity index (χ3v) is 2.67. The molecule has 0 aliphatic carbocycles. The molecule has 0 unspecified atom stereocenters. The Hall–Kier alpha value is -2.09. The maximum Gasteiger partial charge on any atom is 0.312 e. The molecule has 0 aliphatic heterocycles. The molecule has 2 amide bonds. The summed E-state index contributed by atoms with van der Waals surface area (Å²) in [6.07, 6.45) is 0. The maximum absolute atomic E-state index is 10.6. The van der Waals surface area contributed by atoms with Gasteiger partial charge in [0.15, 0.2) is 0 Å². The monoisotopic (exact) mass is 281 g/mol. The summed E-state index contributed by atoms with van der Waals surface area (Å²) in [5.74, 6) is 7.43. The van der Waals surface area contributed by atoms with Crippen LogP contribution in [0.5, 0.6) is 0 Å². The number of hydrogen-bond donors (Lipinski definition) is 5. The Morgan fingerprint density at radius 1 is 1.20 bits per heavy atom. The predicted molar refractivity (Wildman–Crippen MR) is 79.4 cm³/mol. The molecule has 8 nitrogen and oxygen atoms in total. The lowest BCUT2D eigenvalue weighted by Crippen LogP contribution is -2.33. The van der Waals surface area contributed by atoms with Crippen LogP contribution in [0.15, 0.2) is 0 Å². The van der Waals surface area contributed by atoms with E-state index in [1.165, 1.54) is 0 Å². The zero-order valence-corrected chi connectivity index (χ0v) is 12.4. The molecule has 0 spiro atoms. The Kier molecular flexibility index (Phi) is 5.09. The number of carbonyl (C=O) groups excluding carboxylic acids is 1. The van der Waals surface area contributed by atoms with Crippen LogP contribution in [0.25, 0.3) is 0 Å². The molecule has 0 radical (unpaired) electrons. The summed E-state index contributed by atoms with van der Waals surface area (Å²) in [6.45, 7) is 8.86. The van der Waals surface area contributed by atoms with E-state index in [9.17, 15) is 4.79 Å². The number of primary amides is 1. The van der Waals surface area contributed by atoms with Gasteiger partial charge in [0, 0.05) is 24.1 Å². The number of anilines is 2. The lowest BCUT2D eigenvalue weighted by atomic mass is 9.95. The van der Waals surface area contributed by atoms with Crippen LogP contribution >= 0.6 is 0 Å². The van der Waals surface area contributed by atoms with Gasteiger partial charge in [-0.3, -0.25) is 0 Å². The molecular weight excluding hydrogens is 258 g/mol. The predicted octanol–water partition coefficient (Wildman–Crippen LogP) is 0.448. The van der Waals surface area contributed by atoms with Crippen LogP contribution in [0.2, 0.25) is 0 Å². The van der Waals surface area contributed by atoms with Crippen molar-refractivity contribution in [2.75, 3.05) is 23.8 Å². The fraction of sp³-hybridized carbons (Fsp3) is 0.583. The van der Waals surface area contributed by atoms with E-state index < -0.39 is 6.03 Å². The minimum Gasteiger partial charge on any atom is -0.368 e. The molecule has 112 valence electrons. The Bertz CT molecular complexity index is 481. The van der Waals surface area contributed by atoms with Crippen LogP contribution in [0.1, 0.15) is 32.2 Å². The van der Waals surface area contributed by atoms with Gasteiger partial charge in [0.2, 0.25) is 0 Å². The first-order valence-electron chi connectivity index (χ1n) is 6.38. The van der Waals surface area contributed by atoms with Crippen LogP contribution in [0, 0.1) is 6.92 Å². The van der Waals surface area contributed by atoms with E-state index in [1.807, 2.05) is 27.7 Å². The quantitative estimate of drug-likeness (QED) is 0.302. The van der Waals surface area contributed by atoms with Crippen molar-refractivity contribution in [3.63, 3.8) is 0 Å². The van der Waals surface area contributed by atoms with Crippen LogP contribution in [0.4, 0.5) is 16.4 Å². The summed E-state index contributed by atoms with van der Waals surface area (Å²) >= 11 is 0. The standard InChI is InChI=1S/C12H23N7O/c1-7-8(15-5-6-16-11(13)20)17-10(12(2,3)4)18-9(7)19-14/h5-6,14H2,1-4H3,(H3,13,16,20)(H2,15,17,18,19). The zero-order valence-electron chi connectivity index (χ0n) is 12.4. The van der Waals surface area contributed by atoms with E-state index in [4.69, 9.17) is 11.6 Å². The minimum atomic E-state index is -0.550. The highest BCUT2D eigenvalue weighted by molar-refractivity contribution is 5.71. The van der Waals surface area contributed by atoms with Crippen molar-refractivity contribution in [1.29, 1.82) is 0 Å². The first-order valence-corrected chi connectivity index (χ1v) is 6.38. The number of urea groups is 1. The molecule has 1 aromatic rings. The molecule has 1 rings (SSSR count). The number of nitrogen functional groups attached to an aromatic ring is 1. The van der Waals surface area contributed by atoms with Gasteiger partial charge in [0.25, 0.3) is 0 Å². The van der Waals surface area contributed by atoms with E-state index >= 15 is 0 Å². The number of nitrogens with one attached hydrogen (secondary N) is 3. The number of nitrogens with two attached hydrogens (primary N) is 2. The summed E-state index contributed by atoms with van der Waals surface area (Å²) in [5.41, 5.74) is 8.20. The highest BCUT2D eigenvalue weighted by atomic mass is 16.2. The van der Waals surface area contributed by atoms with Gasteiger partial charge in [-0.2, -0.15) is 0 Å². The second kappa shape index (κ2) is 6.38. The maximum atomic E-state index is 10.6. The molecule has 0 saturated carbocycles. The lowest BCUT2D eigenvalue weighted by molar-refractivity contribution is 0.249. The van der Waals surface area contributed by atoms with Gasteiger partial charge in [0.05, 0.1) is 0 Å². The minimum absolute atomic E-state index is 0.193. The second-order valence-corrected chi connectivity index (χ2v) is 5.48. The Morgan fingerprint density at radius 2 is 1.80 bits per heavy atom. The summed E-state index contributed by atoms with van der Waals surface area (Å²) in [6, 6.07) is -0.550. The Balaban J connectivity index is 2.91. The normalized spacial score (nSPS) is 11.1. The number of hydrogen-bond acceptors (Lipinski definition) is 6. The first kappa shape index (κ1) is 16.0. The largest absolute Gasteiger partial charge is 0.368 e. The third kappa shape index (κ3) is 4.23. The molecule has 1 aromatic heterocycles. The van der Waals surface area contributed by atoms with Crippen molar-refractivity contribution < 1.29 is 4.79 Å². The smallest absolute Gasteiger partial charge is 0.312 e. The fourth-order valence-electron chi connectivity index (χ4n) is 1.53.